The summed E-state index contributed by atoms with van der Waals surface area (Å²) in [5.74, 6) is -0.597. The zero-order valence-electron chi connectivity index (χ0n) is 12.4. The highest BCUT2D eigenvalue weighted by Crippen LogP contribution is 2.35. The summed E-state index contributed by atoms with van der Waals surface area (Å²) in [7, 11) is 0. The van der Waals surface area contributed by atoms with E-state index in [0.717, 1.165) is 22.6 Å². The molecule has 1 aliphatic heterocycles. The summed E-state index contributed by atoms with van der Waals surface area (Å²) in [6.45, 7) is 7.54. The molecular formula is C17H16FN3O. The van der Waals surface area contributed by atoms with E-state index in [1.807, 2.05) is 13.8 Å². The van der Waals surface area contributed by atoms with Crippen LogP contribution in [-0.4, -0.2) is 10.9 Å². The van der Waals surface area contributed by atoms with Gasteiger partial charge in [-0.15, -0.1) is 0 Å². The quantitative estimate of drug-likeness (QED) is 0.754. The van der Waals surface area contributed by atoms with Crippen LogP contribution in [0, 0.1) is 19.7 Å². The standard InChI is InChI=1S/C17H16FN3O/c1-4-19-16-9(2)15(20-10(16)3)8-13-12-7-11(18)5-6-14(12)21-17(13)22/h4-8,19-20H,1H2,2-3H3,(H,21,22)/b13-8-. The van der Waals surface area contributed by atoms with Gasteiger partial charge in [0.25, 0.3) is 5.91 Å². The summed E-state index contributed by atoms with van der Waals surface area (Å²) < 4.78 is 13.5. The first-order valence-electron chi connectivity index (χ1n) is 6.91. The SMILES string of the molecule is C=CNc1c(C)[nH]c(/C=C2\C(=O)Nc3ccc(F)cc32)c1C. The Labute approximate surface area is 127 Å². The number of nitrogens with one attached hydrogen (secondary N) is 3. The topological polar surface area (TPSA) is 56.9 Å². The van der Waals surface area contributed by atoms with Crippen molar-refractivity contribution in [2.24, 2.45) is 0 Å². The van der Waals surface area contributed by atoms with E-state index in [1.54, 1.807) is 18.3 Å². The summed E-state index contributed by atoms with van der Waals surface area (Å²) in [4.78, 5) is 15.4. The lowest BCUT2D eigenvalue weighted by atomic mass is 10.0. The molecule has 22 heavy (non-hydrogen) atoms. The van der Waals surface area contributed by atoms with Crippen LogP contribution in [0.5, 0.6) is 0 Å². The van der Waals surface area contributed by atoms with Gasteiger partial charge >= 0.3 is 0 Å². The maximum Gasteiger partial charge on any atom is 0.256 e. The molecule has 4 nitrogen and oxygen atoms in total. The van der Waals surface area contributed by atoms with Crippen LogP contribution in [0.4, 0.5) is 15.8 Å². The molecule has 0 unspecified atom stereocenters. The Morgan fingerprint density at radius 2 is 2.09 bits per heavy atom. The minimum absolute atomic E-state index is 0.231. The Kier molecular flexibility index (Phi) is 3.33. The zero-order valence-corrected chi connectivity index (χ0v) is 12.4. The van der Waals surface area contributed by atoms with E-state index in [0.29, 0.717) is 16.8 Å². The molecule has 0 fully saturated rings. The van der Waals surface area contributed by atoms with Crippen molar-refractivity contribution in [3.05, 3.63) is 59.3 Å². The van der Waals surface area contributed by atoms with Gasteiger partial charge in [-0.1, -0.05) is 6.58 Å². The number of anilines is 2. The third-order valence-corrected chi connectivity index (χ3v) is 3.78. The van der Waals surface area contributed by atoms with Gasteiger partial charge < -0.3 is 15.6 Å². The van der Waals surface area contributed by atoms with Gasteiger partial charge in [-0.3, -0.25) is 4.79 Å². The van der Waals surface area contributed by atoms with E-state index in [4.69, 9.17) is 0 Å². The third kappa shape index (κ3) is 2.20. The molecule has 1 amide bonds. The fourth-order valence-electron chi connectivity index (χ4n) is 2.68. The monoisotopic (exact) mass is 297 g/mol. The third-order valence-electron chi connectivity index (χ3n) is 3.78. The van der Waals surface area contributed by atoms with Crippen molar-refractivity contribution in [3.63, 3.8) is 0 Å². The first-order chi connectivity index (χ1) is 10.5. The molecule has 0 aliphatic carbocycles. The molecule has 0 bridgehead atoms. The summed E-state index contributed by atoms with van der Waals surface area (Å²) in [5, 5.41) is 5.81. The number of carbonyl (C=O) groups is 1. The molecule has 3 N–H and O–H groups in total. The van der Waals surface area contributed by atoms with Crippen LogP contribution in [0.15, 0.2) is 31.0 Å². The molecular weight excluding hydrogens is 281 g/mol. The zero-order chi connectivity index (χ0) is 15.9. The average Bonchev–Trinajstić information content (AvgIpc) is 2.92. The minimum Gasteiger partial charge on any atom is -0.361 e. The lowest BCUT2D eigenvalue weighted by Crippen LogP contribution is -2.03. The second kappa shape index (κ2) is 5.18. The van der Waals surface area contributed by atoms with Crippen LogP contribution in [0.2, 0.25) is 0 Å². The van der Waals surface area contributed by atoms with Gasteiger partial charge in [-0.25, -0.2) is 4.39 Å². The summed E-state index contributed by atoms with van der Waals surface area (Å²) >= 11 is 0. The number of hydrogen-bond acceptors (Lipinski definition) is 2. The van der Waals surface area contributed by atoms with E-state index in [2.05, 4.69) is 22.2 Å². The van der Waals surface area contributed by atoms with Crippen LogP contribution < -0.4 is 10.6 Å². The van der Waals surface area contributed by atoms with Crippen LogP contribution in [0.25, 0.3) is 11.6 Å². The van der Waals surface area contributed by atoms with Crippen molar-refractivity contribution in [2.75, 3.05) is 10.6 Å². The second-order valence-corrected chi connectivity index (χ2v) is 5.21. The van der Waals surface area contributed by atoms with Gasteiger partial charge in [0.05, 0.1) is 11.3 Å². The maximum atomic E-state index is 13.5. The molecule has 2 aromatic rings. The molecule has 1 aromatic heterocycles. The number of H-pyrrole nitrogens is 1. The second-order valence-electron chi connectivity index (χ2n) is 5.21. The maximum absolute atomic E-state index is 13.5. The number of rotatable bonds is 3. The van der Waals surface area contributed by atoms with Crippen molar-refractivity contribution in [1.82, 2.24) is 4.98 Å². The number of hydrogen-bond donors (Lipinski definition) is 3. The summed E-state index contributed by atoms with van der Waals surface area (Å²) in [5.41, 5.74) is 5.32. The Balaban J connectivity index is 2.11. The van der Waals surface area contributed by atoms with Gasteiger partial charge in [0.1, 0.15) is 5.82 Å². The number of aromatic amines is 1. The van der Waals surface area contributed by atoms with Gasteiger partial charge in [-0.05, 0) is 49.9 Å². The van der Waals surface area contributed by atoms with Crippen LogP contribution in [-0.2, 0) is 4.79 Å². The molecule has 2 heterocycles. The normalized spacial score (nSPS) is 14.9. The fraction of sp³-hybridized carbons (Fsp3) is 0.118. The van der Waals surface area contributed by atoms with Crippen LogP contribution in [0.3, 0.4) is 0 Å². The van der Waals surface area contributed by atoms with Gasteiger partial charge in [-0.2, -0.15) is 0 Å². The Bertz CT molecular complexity index is 818. The molecule has 3 rings (SSSR count). The molecule has 1 aromatic carbocycles. The highest BCUT2D eigenvalue weighted by Gasteiger charge is 2.25. The average molecular weight is 297 g/mol. The van der Waals surface area contributed by atoms with E-state index in [9.17, 15) is 9.18 Å². The first kappa shape index (κ1) is 14.1. The van der Waals surface area contributed by atoms with Crippen molar-refractivity contribution >= 4 is 28.9 Å². The van der Waals surface area contributed by atoms with E-state index < -0.39 is 0 Å². The van der Waals surface area contributed by atoms with Crippen LogP contribution in [0.1, 0.15) is 22.5 Å². The molecule has 112 valence electrons. The molecule has 0 saturated carbocycles. The number of aromatic nitrogens is 1. The smallest absolute Gasteiger partial charge is 0.256 e. The lowest BCUT2D eigenvalue weighted by molar-refractivity contribution is -0.110. The molecule has 0 spiro atoms. The number of halogens is 1. The highest BCUT2D eigenvalue weighted by molar-refractivity contribution is 6.34. The van der Waals surface area contributed by atoms with Gasteiger partial charge in [0.15, 0.2) is 0 Å². The number of benzene rings is 1. The number of fused-ring (bicyclic) bond motifs is 1. The number of amides is 1. The van der Waals surface area contributed by atoms with Gasteiger partial charge in [0, 0.05) is 22.6 Å². The fourth-order valence-corrected chi connectivity index (χ4v) is 2.68. The van der Waals surface area contributed by atoms with Crippen molar-refractivity contribution < 1.29 is 9.18 Å². The predicted octanol–water partition coefficient (Wildman–Crippen LogP) is 3.82. The lowest BCUT2D eigenvalue weighted by Gasteiger charge is -2.01. The molecule has 0 radical (unpaired) electrons. The highest BCUT2D eigenvalue weighted by atomic mass is 19.1. The van der Waals surface area contributed by atoms with Crippen LogP contribution >= 0.6 is 0 Å². The summed E-state index contributed by atoms with van der Waals surface area (Å²) in [6, 6.07) is 4.27. The Hall–Kier alpha value is -2.82. The molecule has 0 saturated heterocycles. The van der Waals surface area contributed by atoms with E-state index in [1.165, 1.54) is 12.1 Å². The van der Waals surface area contributed by atoms with E-state index in [-0.39, 0.29) is 11.7 Å². The largest absolute Gasteiger partial charge is 0.361 e. The summed E-state index contributed by atoms with van der Waals surface area (Å²) in [6.07, 6.45) is 3.35. The number of carbonyl (C=O) groups excluding carboxylic acids is 1. The number of aryl methyl sites for hydroxylation is 1. The molecule has 5 heteroatoms. The van der Waals surface area contributed by atoms with Crippen molar-refractivity contribution in [2.45, 2.75) is 13.8 Å². The Morgan fingerprint density at radius 1 is 1.32 bits per heavy atom. The Morgan fingerprint density at radius 3 is 2.82 bits per heavy atom. The predicted molar refractivity (Wildman–Crippen MR) is 87.0 cm³/mol. The minimum atomic E-state index is -0.366. The van der Waals surface area contributed by atoms with Crippen molar-refractivity contribution in [1.29, 1.82) is 0 Å². The van der Waals surface area contributed by atoms with Gasteiger partial charge in [0.2, 0.25) is 0 Å². The first-order valence-corrected chi connectivity index (χ1v) is 6.91. The molecule has 0 atom stereocenters. The van der Waals surface area contributed by atoms with Crippen molar-refractivity contribution in [3.8, 4) is 0 Å². The molecule has 1 aliphatic rings. The van der Waals surface area contributed by atoms with E-state index >= 15 is 0 Å².